The number of ketones is 1. The van der Waals surface area contributed by atoms with Crippen LogP contribution in [0.2, 0.25) is 0 Å². The molecule has 1 aromatic carbocycles. The van der Waals surface area contributed by atoms with Crippen molar-refractivity contribution < 1.29 is 9.53 Å². The van der Waals surface area contributed by atoms with Gasteiger partial charge < -0.3 is 10.5 Å². The predicted molar refractivity (Wildman–Crippen MR) is 81.2 cm³/mol. The van der Waals surface area contributed by atoms with Crippen molar-refractivity contribution in [3.63, 3.8) is 0 Å². The van der Waals surface area contributed by atoms with Gasteiger partial charge in [-0.05, 0) is 32.0 Å². The Hall–Kier alpha value is -1.82. The van der Waals surface area contributed by atoms with Gasteiger partial charge in [0.1, 0.15) is 0 Å². The lowest BCUT2D eigenvalue weighted by molar-refractivity contribution is 0.102. The van der Waals surface area contributed by atoms with Crippen molar-refractivity contribution in [3.05, 3.63) is 40.1 Å². The lowest BCUT2D eigenvalue weighted by Gasteiger charge is -2.12. The fourth-order valence-electron chi connectivity index (χ4n) is 1.95. The molecule has 0 fully saturated rings. The lowest BCUT2D eigenvalue weighted by atomic mass is 10.1. The molecular weight excluding hydrogens is 322 g/mol. The molecule has 0 atom stereocenters. The molecule has 1 aromatic heterocycles. The van der Waals surface area contributed by atoms with E-state index in [1.165, 1.54) is 7.11 Å². The summed E-state index contributed by atoms with van der Waals surface area (Å²) in [7, 11) is 1.52. The number of carbonyl (C=O) groups is 1. The number of rotatable bonds is 4. The van der Waals surface area contributed by atoms with Gasteiger partial charge in [-0.1, -0.05) is 15.9 Å². The van der Waals surface area contributed by atoms with Crippen LogP contribution in [-0.2, 0) is 0 Å². The van der Waals surface area contributed by atoms with Crippen molar-refractivity contribution >= 4 is 27.4 Å². The van der Waals surface area contributed by atoms with Crippen LogP contribution in [0.4, 0.5) is 5.69 Å². The fourth-order valence-corrected chi connectivity index (χ4v) is 2.37. The van der Waals surface area contributed by atoms with Crippen molar-refractivity contribution in [1.82, 2.24) is 9.78 Å². The van der Waals surface area contributed by atoms with Crippen LogP contribution >= 0.6 is 15.9 Å². The van der Waals surface area contributed by atoms with Crippen molar-refractivity contribution in [1.29, 1.82) is 0 Å². The number of carbonyl (C=O) groups excluding carboxylic acids is 1. The van der Waals surface area contributed by atoms with Gasteiger partial charge in [0.2, 0.25) is 5.78 Å². The Morgan fingerprint density at radius 3 is 2.75 bits per heavy atom. The SMILES string of the molecule is COc1cnn(C(C)C)c1C(=O)c1cc(N)ccc1Br. The topological polar surface area (TPSA) is 70.1 Å². The molecule has 0 aliphatic rings. The number of anilines is 1. The van der Waals surface area contributed by atoms with Crippen LogP contribution in [-0.4, -0.2) is 22.7 Å². The molecule has 0 amide bonds. The monoisotopic (exact) mass is 337 g/mol. The zero-order chi connectivity index (χ0) is 14.9. The molecule has 0 bridgehead atoms. The molecule has 2 rings (SSSR count). The quantitative estimate of drug-likeness (QED) is 0.687. The maximum atomic E-state index is 12.8. The van der Waals surface area contributed by atoms with Gasteiger partial charge in [0.25, 0.3) is 0 Å². The van der Waals surface area contributed by atoms with Crippen LogP contribution in [0.25, 0.3) is 0 Å². The number of halogens is 1. The van der Waals surface area contributed by atoms with Crippen LogP contribution < -0.4 is 10.5 Å². The lowest BCUT2D eigenvalue weighted by Crippen LogP contribution is -2.15. The van der Waals surface area contributed by atoms with E-state index < -0.39 is 0 Å². The number of nitrogens with zero attached hydrogens (tertiary/aromatic N) is 2. The van der Waals surface area contributed by atoms with Crippen LogP contribution in [0.3, 0.4) is 0 Å². The summed E-state index contributed by atoms with van der Waals surface area (Å²) >= 11 is 3.38. The largest absolute Gasteiger partial charge is 0.493 e. The number of benzene rings is 1. The normalized spacial score (nSPS) is 10.8. The number of nitrogens with two attached hydrogens (primary N) is 1. The summed E-state index contributed by atoms with van der Waals surface area (Å²) in [5.41, 5.74) is 7.21. The summed E-state index contributed by atoms with van der Waals surface area (Å²) in [4.78, 5) is 12.8. The van der Waals surface area contributed by atoms with Gasteiger partial charge in [-0.15, -0.1) is 0 Å². The highest BCUT2D eigenvalue weighted by Gasteiger charge is 2.24. The molecule has 20 heavy (non-hydrogen) atoms. The summed E-state index contributed by atoms with van der Waals surface area (Å²) < 4.78 is 7.58. The van der Waals surface area contributed by atoms with Crippen molar-refractivity contribution in [2.75, 3.05) is 12.8 Å². The Labute approximate surface area is 125 Å². The van der Waals surface area contributed by atoms with E-state index >= 15 is 0 Å². The van der Waals surface area contributed by atoms with Crippen LogP contribution in [0.15, 0.2) is 28.9 Å². The second kappa shape index (κ2) is 5.66. The van der Waals surface area contributed by atoms with Gasteiger partial charge in [-0.2, -0.15) is 5.10 Å². The molecule has 0 aliphatic heterocycles. The molecule has 0 radical (unpaired) electrons. The van der Waals surface area contributed by atoms with Gasteiger partial charge in [0.15, 0.2) is 11.4 Å². The number of methoxy groups -OCH3 is 1. The fraction of sp³-hybridized carbons (Fsp3) is 0.286. The predicted octanol–water partition coefficient (Wildman–Crippen LogP) is 3.05. The van der Waals surface area contributed by atoms with Gasteiger partial charge in [0.05, 0.1) is 13.3 Å². The van der Waals surface area contributed by atoms with Crippen LogP contribution in [0.5, 0.6) is 5.75 Å². The standard InChI is InChI=1S/C14H16BrN3O2/c1-8(2)18-13(12(20-3)7-17-18)14(19)10-6-9(16)4-5-11(10)15/h4-8H,16H2,1-3H3. The van der Waals surface area contributed by atoms with Gasteiger partial charge in [-0.3, -0.25) is 9.48 Å². The van der Waals surface area contributed by atoms with Crippen molar-refractivity contribution in [2.45, 2.75) is 19.9 Å². The highest BCUT2D eigenvalue weighted by atomic mass is 79.9. The molecule has 2 aromatic rings. The highest BCUT2D eigenvalue weighted by Crippen LogP contribution is 2.28. The first-order valence-corrected chi connectivity index (χ1v) is 6.96. The van der Waals surface area contributed by atoms with E-state index in [0.29, 0.717) is 27.2 Å². The van der Waals surface area contributed by atoms with E-state index in [1.807, 2.05) is 13.8 Å². The molecule has 0 unspecified atom stereocenters. The van der Waals surface area contributed by atoms with Crippen molar-refractivity contribution in [2.24, 2.45) is 0 Å². The molecule has 0 saturated carbocycles. The number of hydrogen-bond donors (Lipinski definition) is 1. The summed E-state index contributed by atoms with van der Waals surface area (Å²) in [5.74, 6) is 0.283. The second-order valence-electron chi connectivity index (χ2n) is 4.67. The summed E-state index contributed by atoms with van der Waals surface area (Å²) in [6.45, 7) is 3.91. The molecule has 0 saturated heterocycles. The van der Waals surface area contributed by atoms with Gasteiger partial charge in [-0.25, -0.2) is 0 Å². The zero-order valence-electron chi connectivity index (χ0n) is 11.6. The smallest absolute Gasteiger partial charge is 0.216 e. The summed E-state index contributed by atoms with van der Waals surface area (Å²) in [6, 6.07) is 5.18. The van der Waals surface area contributed by atoms with Gasteiger partial charge in [0, 0.05) is 21.8 Å². The Morgan fingerprint density at radius 2 is 2.15 bits per heavy atom. The number of hydrogen-bond acceptors (Lipinski definition) is 4. The average Bonchev–Trinajstić information content (AvgIpc) is 2.84. The Bertz CT molecular complexity index is 650. The van der Waals surface area contributed by atoms with E-state index in [-0.39, 0.29) is 11.8 Å². The number of aromatic nitrogens is 2. The van der Waals surface area contributed by atoms with E-state index in [9.17, 15) is 4.79 Å². The molecule has 1 heterocycles. The third-order valence-corrected chi connectivity index (χ3v) is 3.61. The maximum Gasteiger partial charge on any atom is 0.216 e. The highest BCUT2D eigenvalue weighted by molar-refractivity contribution is 9.10. The first-order valence-electron chi connectivity index (χ1n) is 6.17. The Kier molecular flexibility index (Phi) is 4.13. The molecule has 106 valence electrons. The third-order valence-electron chi connectivity index (χ3n) is 2.92. The van der Waals surface area contributed by atoms with Crippen LogP contribution in [0.1, 0.15) is 35.9 Å². The maximum absolute atomic E-state index is 12.8. The van der Waals surface area contributed by atoms with E-state index in [0.717, 1.165) is 0 Å². The molecular formula is C14H16BrN3O2. The van der Waals surface area contributed by atoms with E-state index in [1.54, 1.807) is 29.1 Å². The van der Waals surface area contributed by atoms with Crippen LogP contribution in [0, 0.1) is 0 Å². The van der Waals surface area contributed by atoms with Crippen molar-refractivity contribution in [3.8, 4) is 5.75 Å². The average molecular weight is 338 g/mol. The molecule has 5 nitrogen and oxygen atoms in total. The minimum atomic E-state index is -0.174. The van der Waals surface area contributed by atoms with Gasteiger partial charge >= 0.3 is 0 Å². The molecule has 0 aliphatic carbocycles. The molecule has 6 heteroatoms. The van der Waals surface area contributed by atoms with E-state index in [2.05, 4.69) is 21.0 Å². The Balaban J connectivity index is 2.58. The van der Waals surface area contributed by atoms with E-state index in [4.69, 9.17) is 10.5 Å². The molecule has 2 N–H and O–H groups in total. The number of ether oxygens (including phenoxy) is 1. The minimum Gasteiger partial charge on any atom is -0.493 e. The Morgan fingerprint density at radius 1 is 1.45 bits per heavy atom. The first kappa shape index (κ1) is 14.6. The first-order chi connectivity index (χ1) is 9.45. The second-order valence-corrected chi connectivity index (χ2v) is 5.52. The summed E-state index contributed by atoms with van der Waals surface area (Å²) in [6.07, 6.45) is 1.55. The number of nitrogen functional groups attached to an aromatic ring is 1. The zero-order valence-corrected chi connectivity index (χ0v) is 13.1. The summed E-state index contributed by atoms with van der Waals surface area (Å²) in [5, 5.41) is 4.21. The molecule has 0 spiro atoms. The third kappa shape index (κ3) is 2.56. The minimum absolute atomic E-state index is 0.0534.